The molecule has 27 heavy (non-hydrogen) atoms. The third-order valence-corrected chi connectivity index (χ3v) is 5.89. The third kappa shape index (κ3) is 5.30. The molecule has 0 radical (unpaired) electrons. The summed E-state index contributed by atoms with van der Waals surface area (Å²) in [4.78, 5) is 12.1. The Bertz CT molecular complexity index is 865. The summed E-state index contributed by atoms with van der Waals surface area (Å²) in [6, 6.07) is 13.6. The molecule has 2 rings (SSSR count). The van der Waals surface area contributed by atoms with Crippen molar-refractivity contribution >= 4 is 16.0 Å². The molecule has 2 aromatic carbocycles. The van der Waals surface area contributed by atoms with E-state index in [0.717, 1.165) is 18.4 Å². The number of hydrogen-bond acceptors (Lipinski definition) is 5. The second kappa shape index (κ2) is 9.53. The Morgan fingerprint density at radius 2 is 1.81 bits per heavy atom. The number of hydrogen-bond donors (Lipinski definition) is 0. The van der Waals surface area contributed by atoms with Crippen LogP contribution in [0.2, 0.25) is 0 Å². The maximum absolute atomic E-state index is 13.0. The highest BCUT2D eigenvalue weighted by Crippen LogP contribution is 2.28. The van der Waals surface area contributed by atoms with E-state index in [0.29, 0.717) is 6.61 Å². The van der Waals surface area contributed by atoms with Crippen LogP contribution in [0.5, 0.6) is 5.75 Å². The molecule has 0 unspecified atom stereocenters. The molecule has 0 aliphatic heterocycles. The highest BCUT2D eigenvalue weighted by Gasteiger charge is 2.26. The topological polar surface area (TPSA) is 72.9 Å². The molecule has 0 heterocycles. The Balaban J connectivity index is 2.30. The van der Waals surface area contributed by atoms with Crippen molar-refractivity contribution in [3.8, 4) is 5.75 Å². The van der Waals surface area contributed by atoms with E-state index >= 15 is 0 Å². The fraction of sp³-hybridized carbons (Fsp3) is 0.350. The molecule has 146 valence electrons. The first-order chi connectivity index (χ1) is 12.9. The largest absolute Gasteiger partial charge is 0.495 e. The predicted octanol–water partition coefficient (Wildman–Crippen LogP) is 3.47. The lowest BCUT2D eigenvalue weighted by atomic mass is 10.2. The van der Waals surface area contributed by atoms with Crippen molar-refractivity contribution in [1.82, 2.24) is 4.31 Å². The van der Waals surface area contributed by atoms with Gasteiger partial charge in [-0.05, 0) is 30.2 Å². The standard InChI is InChI=1S/C20H25NO5S/c1-4-5-13-26-20(22)17-11-12-18(25-3)19(14-17)27(23,24)21(2)15-16-9-7-6-8-10-16/h6-12,14H,4-5,13,15H2,1-3H3. The average Bonchev–Trinajstić information content (AvgIpc) is 2.68. The quantitative estimate of drug-likeness (QED) is 0.483. The van der Waals surface area contributed by atoms with E-state index in [1.807, 2.05) is 37.3 Å². The van der Waals surface area contributed by atoms with Crippen molar-refractivity contribution in [3.05, 3.63) is 59.7 Å². The second-order valence-electron chi connectivity index (χ2n) is 6.10. The first-order valence-electron chi connectivity index (χ1n) is 8.75. The van der Waals surface area contributed by atoms with E-state index in [1.54, 1.807) is 0 Å². The van der Waals surface area contributed by atoms with Crippen LogP contribution in [0.15, 0.2) is 53.4 Å². The number of nitrogens with zero attached hydrogens (tertiary/aromatic N) is 1. The molecule has 0 bridgehead atoms. The molecule has 0 aliphatic carbocycles. The van der Waals surface area contributed by atoms with E-state index in [2.05, 4.69) is 0 Å². The van der Waals surface area contributed by atoms with Crippen LogP contribution in [0.3, 0.4) is 0 Å². The zero-order valence-corrected chi connectivity index (χ0v) is 16.7. The maximum atomic E-state index is 13.0. The van der Waals surface area contributed by atoms with E-state index in [1.165, 1.54) is 36.7 Å². The van der Waals surface area contributed by atoms with Crippen LogP contribution in [0.4, 0.5) is 0 Å². The Hall–Kier alpha value is -2.38. The van der Waals surface area contributed by atoms with E-state index < -0.39 is 16.0 Å². The number of carbonyl (C=O) groups excluding carboxylic acids is 1. The summed E-state index contributed by atoms with van der Waals surface area (Å²) in [6.45, 7) is 2.50. The normalized spacial score (nSPS) is 11.4. The van der Waals surface area contributed by atoms with Gasteiger partial charge < -0.3 is 9.47 Å². The van der Waals surface area contributed by atoms with Gasteiger partial charge in [-0.2, -0.15) is 4.31 Å². The average molecular weight is 391 g/mol. The second-order valence-corrected chi connectivity index (χ2v) is 8.12. The molecule has 0 spiro atoms. The summed E-state index contributed by atoms with van der Waals surface area (Å²) < 4.78 is 37.7. The molecule has 0 fully saturated rings. The van der Waals surface area contributed by atoms with Gasteiger partial charge in [0.1, 0.15) is 10.6 Å². The van der Waals surface area contributed by atoms with Crippen LogP contribution in [-0.4, -0.2) is 39.5 Å². The Labute approximate surface area is 160 Å². The molecule has 0 N–H and O–H groups in total. The molecule has 7 heteroatoms. The lowest BCUT2D eigenvalue weighted by Crippen LogP contribution is -2.27. The SMILES string of the molecule is CCCCOC(=O)c1ccc(OC)c(S(=O)(=O)N(C)Cc2ccccc2)c1. The summed E-state index contributed by atoms with van der Waals surface area (Å²) in [5.41, 5.74) is 1.04. The van der Waals surface area contributed by atoms with E-state index in [9.17, 15) is 13.2 Å². The van der Waals surface area contributed by atoms with Crippen molar-refractivity contribution in [1.29, 1.82) is 0 Å². The minimum absolute atomic E-state index is 0.0617. The minimum Gasteiger partial charge on any atom is -0.495 e. The zero-order valence-electron chi connectivity index (χ0n) is 15.8. The number of rotatable bonds is 9. The molecule has 0 saturated carbocycles. The summed E-state index contributed by atoms with van der Waals surface area (Å²) in [5, 5.41) is 0. The molecular weight excluding hydrogens is 366 g/mol. The summed E-state index contributed by atoms with van der Waals surface area (Å²) in [7, 11) is -0.973. The van der Waals surface area contributed by atoms with Gasteiger partial charge in [-0.1, -0.05) is 43.7 Å². The summed E-state index contributed by atoms with van der Waals surface area (Å²) in [6.07, 6.45) is 1.66. The zero-order chi connectivity index (χ0) is 19.9. The smallest absolute Gasteiger partial charge is 0.338 e. The van der Waals surface area contributed by atoms with Crippen molar-refractivity contribution in [2.24, 2.45) is 0 Å². The molecule has 0 saturated heterocycles. The van der Waals surface area contributed by atoms with Crippen LogP contribution in [0.1, 0.15) is 35.7 Å². The van der Waals surface area contributed by atoms with Crippen LogP contribution in [-0.2, 0) is 21.3 Å². The van der Waals surface area contributed by atoms with E-state index in [-0.39, 0.29) is 22.8 Å². The van der Waals surface area contributed by atoms with Gasteiger partial charge in [0.2, 0.25) is 10.0 Å². The number of ether oxygens (including phenoxy) is 2. The van der Waals surface area contributed by atoms with Crippen molar-refractivity contribution in [2.75, 3.05) is 20.8 Å². The summed E-state index contributed by atoms with van der Waals surface area (Å²) >= 11 is 0. The molecule has 2 aromatic rings. The molecule has 6 nitrogen and oxygen atoms in total. The number of sulfonamides is 1. The van der Waals surface area contributed by atoms with Gasteiger partial charge in [-0.3, -0.25) is 0 Å². The predicted molar refractivity (Wildman–Crippen MR) is 103 cm³/mol. The molecule has 0 atom stereocenters. The van der Waals surface area contributed by atoms with Crippen molar-refractivity contribution in [2.45, 2.75) is 31.2 Å². The molecular formula is C20H25NO5S. The van der Waals surface area contributed by atoms with Gasteiger partial charge in [-0.25, -0.2) is 13.2 Å². The van der Waals surface area contributed by atoms with Crippen molar-refractivity contribution < 1.29 is 22.7 Å². The molecule has 0 amide bonds. The van der Waals surface area contributed by atoms with Crippen LogP contribution >= 0.6 is 0 Å². The number of esters is 1. The lowest BCUT2D eigenvalue weighted by molar-refractivity contribution is 0.0499. The third-order valence-electron chi connectivity index (χ3n) is 4.07. The van der Waals surface area contributed by atoms with Gasteiger partial charge in [0.25, 0.3) is 0 Å². The molecule has 0 aliphatic rings. The number of carbonyl (C=O) groups is 1. The van der Waals surface area contributed by atoms with Gasteiger partial charge in [0.15, 0.2) is 0 Å². The fourth-order valence-corrected chi connectivity index (χ4v) is 3.83. The van der Waals surface area contributed by atoms with E-state index in [4.69, 9.17) is 9.47 Å². The number of unbranched alkanes of at least 4 members (excludes halogenated alkanes) is 1. The van der Waals surface area contributed by atoms with Crippen LogP contribution in [0.25, 0.3) is 0 Å². The highest BCUT2D eigenvalue weighted by molar-refractivity contribution is 7.89. The Kier molecular flexibility index (Phi) is 7.38. The van der Waals surface area contributed by atoms with Crippen LogP contribution in [0, 0.1) is 0 Å². The van der Waals surface area contributed by atoms with Gasteiger partial charge in [-0.15, -0.1) is 0 Å². The summed E-state index contributed by atoms with van der Waals surface area (Å²) in [5.74, 6) is -0.367. The van der Waals surface area contributed by atoms with Gasteiger partial charge >= 0.3 is 5.97 Å². The highest BCUT2D eigenvalue weighted by atomic mass is 32.2. The number of methoxy groups -OCH3 is 1. The fourth-order valence-electron chi connectivity index (χ4n) is 2.49. The maximum Gasteiger partial charge on any atom is 0.338 e. The van der Waals surface area contributed by atoms with Crippen LogP contribution < -0.4 is 4.74 Å². The Morgan fingerprint density at radius 3 is 2.44 bits per heavy atom. The first-order valence-corrected chi connectivity index (χ1v) is 10.2. The lowest BCUT2D eigenvalue weighted by Gasteiger charge is -2.19. The van der Waals surface area contributed by atoms with Crippen molar-refractivity contribution in [3.63, 3.8) is 0 Å². The first kappa shape index (κ1) is 20.9. The monoisotopic (exact) mass is 391 g/mol. The number of benzene rings is 2. The minimum atomic E-state index is -3.86. The van der Waals surface area contributed by atoms with Gasteiger partial charge in [0.05, 0.1) is 19.3 Å². The Morgan fingerprint density at radius 1 is 1.11 bits per heavy atom. The molecule has 0 aromatic heterocycles. The van der Waals surface area contributed by atoms with Gasteiger partial charge in [0, 0.05) is 13.6 Å².